The molecule has 1 amide bonds. The molecule has 2 atom stereocenters. The van der Waals surface area contributed by atoms with Gasteiger partial charge in [0.2, 0.25) is 15.9 Å². The fourth-order valence-corrected chi connectivity index (χ4v) is 5.42. The topological polar surface area (TPSA) is 78.5 Å². The van der Waals surface area contributed by atoms with Crippen LogP contribution in [0.15, 0.2) is 0 Å². The molecule has 23 heavy (non-hydrogen) atoms. The van der Waals surface area contributed by atoms with E-state index in [0.29, 0.717) is 31.5 Å². The van der Waals surface area contributed by atoms with Crippen LogP contribution in [0.2, 0.25) is 0 Å². The third kappa shape index (κ3) is 3.56. The van der Waals surface area contributed by atoms with E-state index in [0.717, 1.165) is 45.2 Å². The summed E-state index contributed by atoms with van der Waals surface area (Å²) in [6.45, 7) is 3.63. The quantitative estimate of drug-likeness (QED) is 0.782. The zero-order chi connectivity index (χ0) is 16.5. The van der Waals surface area contributed by atoms with E-state index in [2.05, 4.69) is 10.6 Å². The molecule has 0 aromatic heterocycles. The molecule has 0 aromatic rings. The molecule has 2 heterocycles. The number of sulfonamides is 1. The molecule has 1 aliphatic carbocycles. The largest absolute Gasteiger partial charge is 0.355 e. The summed E-state index contributed by atoms with van der Waals surface area (Å²) in [7, 11) is -3.07. The van der Waals surface area contributed by atoms with Gasteiger partial charge >= 0.3 is 0 Å². The molecule has 0 radical (unpaired) electrons. The Labute approximate surface area is 139 Å². The average molecular weight is 343 g/mol. The molecule has 6 nitrogen and oxygen atoms in total. The minimum absolute atomic E-state index is 0.189. The summed E-state index contributed by atoms with van der Waals surface area (Å²) in [6, 6.07) is 0. The summed E-state index contributed by atoms with van der Waals surface area (Å²) in [5.41, 5.74) is -0.189. The molecule has 7 heteroatoms. The van der Waals surface area contributed by atoms with Crippen LogP contribution in [0.25, 0.3) is 0 Å². The number of carbonyl (C=O) groups is 1. The SMILES string of the molecule is CS(=O)(=O)N1CCC(CNC(=O)[C@@]23CCCC[C@H]2CNC3)CC1. The predicted molar refractivity (Wildman–Crippen MR) is 89.4 cm³/mol. The van der Waals surface area contributed by atoms with Gasteiger partial charge in [-0.05, 0) is 44.1 Å². The summed E-state index contributed by atoms with van der Waals surface area (Å²) in [4.78, 5) is 12.8. The van der Waals surface area contributed by atoms with Crippen LogP contribution in [0.5, 0.6) is 0 Å². The Morgan fingerprint density at radius 1 is 1.26 bits per heavy atom. The molecule has 2 N–H and O–H groups in total. The summed E-state index contributed by atoms with van der Waals surface area (Å²) >= 11 is 0. The molecule has 3 fully saturated rings. The van der Waals surface area contributed by atoms with Crippen molar-refractivity contribution in [1.29, 1.82) is 0 Å². The fourth-order valence-electron chi connectivity index (χ4n) is 4.55. The molecule has 1 saturated carbocycles. The van der Waals surface area contributed by atoms with Gasteiger partial charge < -0.3 is 10.6 Å². The number of hydrogen-bond acceptors (Lipinski definition) is 4. The van der Waals surface area contributed by atoms with Crippen LogP contribution in [0, 0.1) is 17.3 Å². The first-order valence-corrected chi connectivity index (χ1v) is 10.7. The lowest BCUT2D eigenvalue weighted by molar-refractivity contribution is -0.134. The number of rotatable bonds is 4. The molecule has 0 unspecified atom stereocenters. The normalized spacial score (nSPS) is 33.3. The van der Waals surface area contributed by atoms with E-state index in [1.54, 1.807) is 4.31 Å². The summed E-state index contributed by atoms with van der Waals surface area (Å²) < 4.78 is 24.6. The average Bonchev–Trinajstić information content (AvgIpc) is 2.97. The van der Waals surface area contributed by atoms with Gasteiger partial charge in [-0.15, -0.1) is 0 Å². The number of nitrogens with one attached hydrogen (secondary N) is 2. The zero-order valence-electron chi connectivity index (χ0n) is 14.0. The van der Waals surface area contributed by atoms with Crippen molar-refractivity contribution in [3.05, 3.63) is 0 Å². The van der Waals surface area contributed by atoms with Crippen LogP contribution in [0.1, 0.15) is 38.5 Å². The first kappa shape index (κ1) is 17.2. The maximum absolute atomic E-state index is 12.8. The molecule has 0 bridgehead atoms. The summed E-state index contributed by atoms with van der Waals surface area (Å²) in [5, 5.41) is 6.60. The van der Waals surface area contributed by atoms with Gasteiger partial charge in [0, 0.05) is 26.2 Å². The van der Waals surface area contributed by atoms with Crippen LogP contribution in [-0.2, 0) is 14.8 Å². The molecule has 2 aliphatic heterocycles. The molecular weight excluding hydrogens is 314 g/mol. The zero-order valence-corrected chi connectivity index (χ0v) is 14.8. The van der Waals surface area contributed by atoms with Crippen LogP contribution in [-0.4, -0.2) is 57.6 Å². The maximum atomic E-state index is 12.8. The van der Waals surface area contributed by atoms with Crippen molar-refractivity contribution in [2.75, 3.05) is 39.0 Å². The van der Waals surface area contributed by atoms with Crippen LogP contribution in [0.4, 0.5) is 0 Å². The van der Waals surface area contributed by atoms with Gasteiger partial charge in [0.25, 0.3) is 0 Å². The van der Waals surface area contributed by atoms with Crippen LogP contribution < -0.4 is 10.6 Å². The van der Waals surface area contributed by atoms with Gasteiger partial charge in [-0.25, -0.2) is 12.7 Å². The second-order valence-electron chi connectivity index (χ2n) is 7.55. The highest BCUT2D eigenvalue weighted by Crippen LogP contribution is 2.43. The van der Waals surface area contributed by atoms with E-state index < -0.39 is 10.0 Å². The molecule has 0 aromatic carbocycles. The lowest BCUT2D eigenvalue weighted by Crippen LogP contribution is -2.49. The third-order valence-corrected chi connectivity index (χ3v) is 7.39. The first-order chi connectivity index (χ1) is 10.9. The van der Waals surface area contributed by atoms with Crippen molar-refractivity contribution >= 4 is 15.9 Å². The molecule has 3 rings (SSSR count). The van der Waals surface area contributed by atoms with E-state index in [1.165, 1.54) is 12.7 Å². The highest BCUT2D eigenvalue weighted by atomic mass is 32.2. The number of nitrogens with zero attached hydrogens (tertiary/aromatic N) is 1. The lowest BCUT2D eigenvalue weighted by atomic mass is 9.67. The highest BCUT2D eigenvalue weighted by molar-refractivity contribution is 7.88. The number of piperidine rings is 1. The molecular formula is C16H29N3O3S. The van der Waals surface area contributed by atoms with Gasteiger partial charge in [-0.3, -0.25) is 4.79 Å². The van der Waals surface area contributed by atoms with E-state index in [4.69, 9.17) is 0 Å². The number of fused-ring (bicyclic) bond motifs is 1. The first-order valence-electron chi connectivity index (χ1n) is 8.86. The van der Waals surface area contributed by atoms with Gasteiger partial charge in [0.1, 0.15) is 0 Å². The number of carbonyl (C=O) groups excluding carboxylic acids is 1. The van der Waals surface area contributed by atoms with E-state index >= 15 is 0 Å². The van der Waals surface area contributed by atoms with E-state index in [-0.39, 0.29) is 11.3 Å². The minimum atomic E-state index is -3.07. The van der Waals surface area contributed by atoms with Crippen molar-refractivity contribution in [3.8, 4) is 0 Å². The standard InChI is InChI=1S/C16H29N3O3S/c1-23(21,22)19-8-5-13(6-9-19)10-18-15(20)16-7-3-2-4-14(16)11-17-12-16/h13-14,17H,2-12H2,1H3,(H,18,20)/t14-,16+/m0/s1. The predicted octanol–water partition coefficient (Wildman–Crippen LogP) is 0.554. The van der Waals surface area contributed by atoms with Gasteiger partial charge in [-0.1, -0.05) is 12.8 Å². The lowest BCUT2D eigenvalue weighted by Gasteiger charge is -2.38. The van der Waals surface area contributed by atoms with Gasteiger partial charge in [0.15, 0.2) is 0 Å². The summed E-state index contributed by atoms with van der Waals surface area (Å²) in [6.07, 6.45) is 7.49. The Bertz CT molecular complexity index is 543. The van der Waals surface area contributed by atoms with Gasteiger partial charge in [-0.2, -0.15) is 0 Å². The van der Waals surface area contributed by atoms with E-state index in [9.17, 15) is 13.2 Å². The van der Waals surface area contributed by atoms with Crippen molar-refractivity contribution in [1.82, 2.24) is 14.9 Å². The molecule has 3 aliphatic rings. The Balaban J connectivity index is 1.50. The van der Waals surface area contributed by atoms with Crippen molar-refractivity contribution < 1.29 is 13.2 Å². The highest BCUT2D eigenvalue weighted by Gasteiger charge is 2.49. The van der Waals surface area contributed by atoms with Crippen LogP contribution >= 0.6 is 0 Å². The molecule has 2 saturated heterocycles. The summed E-state index contributed by atoms with van der Waals surface area (Å²) in [5.74, 6) is 1.10. The Hall–Kier alpha value is -0.660. The molecule has 0 spiro atoms. The second-order valence-corrected chi connectivity index (χ2v) is 9.53. The number of amides is 1. The van der Waals surface area contributed by atoms with Crippen LogP contribution in [0.3, 0.4) is 0 Å². The van der Waals surface area contributed by atoms with Gasteiger partial charge in [0.05, 0.1) is 11.7 Å². The smallest absolute Gasteiger partial charge is 0.227 e. The minimum Gasteiger partial charge on any atom is -0.355 e. The Morgan fingerprint density at radius 2 is 2.00 bits per heavy atom. The third-order valence-electron chi connectivity index (χ3n) is 6.08. The number of hydrogen-bond donors (Lipinski definition) is 2. The van der Waals surface area contributed by atoms with E-state index in [1.807, 2.05) is 0 Å². The molecule has 132 valence electrons. The maximum Gasteiger partial charge on any atom is 0.227 e. The van der Waals surface area contributed by atoms with Crippen molar-refractivity contribution in [2.24, 2.45) is 17.3 Å². The fraction of sp³-hybridized carbons (Fsp3) is 0.938. The van der Waals surface area contributed by atoms with Crippen molar-refractivity contribution in [2.45, 2.75) is 38.5 Å². The monoisotopic (exact) mass is 343 g/mol. The Morgan fingerprint density at radius 3 is 2.70 bits per heavy atom. The van der Waals surface area contributed by atoms with Crippen molar-refractivity contribution in [3.63, 3.8) is 0 Å². The second kappa shape index (κ2) is 6.69. The Kier molecular flexibility index (Phi) is 4.99.